The Kier molecular flexibility index (Phi) is 3.57. The Labute approximate surface area is 129 Å². The van der Waals surface area contributed by atoms with Crippen LogP contribution in [0.1, 0.15) is 62.6 Å². The van der Waals surface area contributed by atoms with Crippen molar-refractivity contribution < 1.29 is 0 Å². The van der Waals surface area contributed by atoms with Crippen LogP contribution < -0.4 is 5.73 Å². The van der Waals surface area contributed by atoms with Gasteiger partial charge in [-0.3, -0.25) is 0 Å². The molecule has 0 amide bonds. The summed E-state index contributed by atoms with van der Waals surface area (Å²) >= 11 is 0. The van der Waals surface area contributed by atoms with E-state index in [2.05, 4.69) is 31.2 Å². The largest absolute Gasteiger partial charge is 0.324 e. The molecule has 4 saturated carbocycles. The van der Waals surface area contributed by atoms with E-state index in [1.54, 1.807) is 0 Å². The van der Waals surface area contributed by atoms with Crippen LogP contribution in [-0.4, -0.2) is 0 Å². The van der Waals surface area contributed by atoms with Crippen molar-refractivity contribution in [3.8, 4) is 0 Å². The van der Waals surface area contributed by atoms with Gasteiger partial charge in [-0.05, 0) is 79.2 Å². The van der Waals surface area contributed by atoms with Gasteiger partial charge < -0.3 is 5.73 Å². The second-order valence-electron chi connectivity index (χ2n) is 8.03. The highest BCUT2D eigenvalue weighted by Gasteiger charge is 2.49. The van der Waals surface area contributed by atoms with E-state index >= 15 is 0 Å². The third kappa shape index (κ3) is 2.44. The Balaban J connectivity index is 1.57. The lowest BCUT2D eigenvalue weighted by Crippen LogP contribution is -2.48. The molecule has 1 nitrogen and oxygen atoms in total. The standard InChI is InChI=1S/C20H29N/c1-2-4-13-5-3-6-16(8-13)20(21)19-17-9-14-7-15(11-17)12-18(19)10-14/h3,5-6,8,14-15,17-20H,2,4,7,9-12,21H2,1H3. The number of hydrogen-bond acceptors (Lipinski definition) is 1. The van der Waals surface area contributed by atoms with Gasteiger partial charge in [-0.15, -0.1) is 0 Å². The average molecular weight is 283 g/mol. The molecule has 0 spiro atoms. The quantitative estimate of drug-likeness (QED) is 0.850. The Bertz CT molecular complexity index is 478. The number of hydrogen-bond donors (Lipinski definition) is 1. The highest BCUT2D eigenvalue weighted by atomic mass is 14.7. The maximum absolute atomic E-state index is 6.79. The molecular formula is C20H29N. The summed E-state index contributed by atoms with van der Waals surface area (Å²) in [5.74, 6) is 4.69. The van der Waals surface area contributed by atoms with Crippen molar-refractivity contribution in [1.29, 1.82) is 0 Å². The molecule has 21 heavy (non-hydrogen) atoms. The molecule has 0 aliphatic heterocycles. The van der Waals surface area contributed by atoms with Crippen LogP contribution >= 0.6 is 0 Å². The van der Waals surface area contributed by atoms with Crippen molar-refractivity contribution >= 4 is 0 Å². The van der Waals surface area contributed by atoms with E-state index in [-0.39, 0.29) is 6.04 Å². The Hall–Kier alpha value is -0.820. The van der Waals surface area contributed by atoms with Crippen molar-refractivity contribution in [2.75, 3.05) is 0 Å². The number of benzene rings is 1. The van der Waals surface area contributed by atoms with Crippen LogP contribution in [0.3, 0.4) is 0 Å². The highest BCUT2D eigenvalue weighted by molar-refractivity contribution is 5.27. The van der Waals surface area contributed by atoms with Gasteiger partial charge in [0.15, 0.2) is 0 Å². The minimum absolute atomic E-state index is 0.275. The van der Waals surface area contributed by atoms with Crippen LogP contribution in [0.4, 0.5) is 0 Å². The van der Waals surface area contributed by atoms with Gasteiger partial charge in [0, 0.05) is 6.04 Å². The molecule has 2 N–H and O–H groups in total. The molecule has 1 aromatic rings. The van der Waals surface area contributed by atoms with Gasteiger partial charge in [0.05, 0.1) is 0 Å². The van der Waals surface area contributed by atoms with Gasteiger partial charge in [0.1, 0.15) is 0 Å². The molecule has 4 bridgehead atoms. The van der Waals surface area contributed by atoms with E-state index < -0.39 is 0 Å². The predicted octanol–water partition coefficient (Wildman–Crippen LogP) is 4.71. The zero-order valence-corrected chi connectivity index (χ0v) is 13.3. The van der Waals surface area contributed by atoms with Crippen LogP contribution in [0.2, 0.25) is 0 Å². The number of nitrogens with two attached hydrogens (primary N) is 1. The lowest BCUT2D eigenvalue weighted by atomic mass is 9.50. The fourth-order valence-electron chi connectivity index (χ4n) is 6.02. The molecule has 0 saturated heterocycles. The van der Waals surface area contributed by atoms with E-state index in [1.807, 2.05) is 0 Å². The minimum atomic E-state index is 0.275. The lowest BCUT2D eigenvalue weighted by molar-refractivity contribution is -0.0471. The van der Waals surface area contributed by atoms with Crippen molar-refractivity contribution in [2.24, 2.45) is 35.3 Å². The lowest BCUT2D eigenvalue weighted by Gasteiger charge is -2.56. The van der Waals surface area contributed by atoms with Gasteiger partial charge in [0.2, 0.25) is 0 Å². The summed E-state index contributed by atoms with van der Waals surface area (Å²) in [5.41, 5.74) is 9.65. The minimum Gasteiger partial charge on any atom is -0.324 e. The summed E-state index contributed by atoms with van der Waals surface area (Å²) in [7, 11) is 0. The van der Waals surface area contributed by atoms with Crippen molar-refractivity contribution in [3.05, 3.63) is 35.4 Å². The van der Waals surface area contributed by atoms with Crippen molar-refractivity contribution in [2.45, 2.75) is 57.9 Å². The summed E-state index contributed by atoms with van der Waals surface area (Å²) in [5, 5.41) is 0. The highest BCUT2D eigenvalue weighted by Crippen LogP contribution is 2.58. The first-order chi connectivity index (χ1) is 10.2. The normalized spacial score (nSPS) is 38.7. The van der Waals surface area contributed by atoms with Crippen molar-refractivity contribution in [3.63, 3.8) is 0 Å². The van der Waals surface area contributed by atoms with Crippen LogP contribution in [0, 0.1) is 29.6 Å². The van der Waals surface area contributed by atoms with E-state index in [0.29, 0.717) is 0 Å². The maximum Gasteiger partial charge on any atom is 0.0328 e. The molecule has 1 atom stereocenters. The van der Waals surface area contributed by atoms with Crippen LogP contribution in [0.25, 0.3) is 0 Å². The van der Waals surface area contributed by atoms with Gasteiger partial charge in [-0.2, -0.15) is 0 Å². The van der Waals surface area contributed by atoms with E-state index in [0.717, 1.165) is 29.6 Å². The topological polar surface area (TPSA) is 26.0 Å². The zero-order valence-electron chi connectivity index (χ0n) is 13.3. The van der Waals surface area contributed by atoms with Gasteiger partial charge in [-0.1, -0.05) is 37.6 Å². The molecule has 1 unspecified atom stereocenters. The molecule has 0 heterocycles. The molecule has 0 radical (unpaired) electrons. The summed E-state index contributed by atoms with van der Waals surface area (Å²) < 4.78 is 0. The van der Waals surface area contributed by atoms with Crippen LogP contribution in [-0.2, 0) is 6.42 Å². The predicted molar refractivity (Wildman–Crippen MR) is 87.9 cm³/mol. The maximum atomic E-state index is 6.79. The summed E-state index contributed by atoms with van der Waals surface area (Å²) in [6.07, 6.45) is 9.82. The molecular weight excluding hydrogens is 254 g/mol. The summed E-state index contributed by atoms with van der Waals surface area (Å²) in [6.45, 7) is 2.25. The van der Waals surface area contributed by atoms with Gasteiger partial charge in [0.25, 0.3) is 0 Å². The third-order valence-electron chi connectivity index (χ3n) is 6.59. The molecule has 5 rings (SSSR count). The SMILES string of the molecule is CCCc1cccc(C(N)C2C3CC4CC(C3)CC2C4)c1. The molecule has 0 aromatic heterocycles. The molecule has 1 heteroatoms. The van der Waals surface area contributed by atoms with Crippen LogP contribution in [0.15, 0.2) is 24.3 Å². The smallest absolute Gasteiger partial charge is 0.0328 e. The first kappa shape index (κ1) is 13.8. The summed E-state index contributed by atoms with van der Waals surface area (Å²) in [4.78, 5) is 0. The Morgan fingerprint density at radius 1 is 1.05 bits per heavy atom. The average Bonchev–Trinajstić information content (AvgIpc) is 2.46. The second-order valence-corrected chi connectivity index (χ2v) is 8.03. The first-order valence-corrected chi connectivity index (χ1v) is 9.09. The fourth-order valence-corrected chi connectivity index (χ4v) is 6.02. The first-order valence-electron chi connectivity index (χ1n) is 9.09. The molecule has 4 aliphatic carbocycles. The Morgan fingerprint density at radius 3 is 2.33 bits per heavy atom. The van der Waals surface area contributed by atoms with Crippen molar-refractivity contribution in [1.82, 2.24) is 0 Å². The number of aryl methyl sites for hydroxylation is 1. The zero-order chi connectivity index (χ0) is 14.4. The third-order valence-corrected chi connectivity index (χ3v) is 6.59. The van der Waals surface area contributed by atoms with E-state index in [1.165, 1.54) is 56.1 Å². The molecule has 4 fully saturated rings. The number of rotatable bonds is 4. The van der Waals surface area contributed by atoms with Gasteiger partial charge in [-0.25, -0.2) is 0 Å². The Morgan fingerprint density at radius 2 is 1.71 bits per heavy atom. The van der Waals surface area contributed by atoms with Gasteiger partial charge >= 0.3 is 0 Å². The molecule has 4 aliphatic rings. The summed E-state index contributed by atoms with van der Waals surface area (Å²) in [6, 6.07) is 9.41. The second kappa shape index (κ2) is 5.43. The monoisotopic (exact) mass is 283 g/mol. The fraction of sp³-hybridized carbons (Fsp3) is 0.700. The van der Waals surface area contributed by atoms with E-state index in [4.69, 9.17) is 5.73 Å². The van der Waals surface area contributed by atoms with Crippen LogP contribution in [0.5, 0.6) is 0 Å². The molecule has 114 valence electrons. The molecule has 1 aromatic carbocycles. The van der Waals surface area contributed by atoms with E-state index in [9.17, 15) is 0 Å².